The number of nitrogen functional groups attached to an aromatic ring is 1. The monoisotopic (exact) mass is 361 g/mol. The second-order valence-electron chi connectivity index (χ2n) is 7.16. The van der Waals surface area contributed by atoms with E-state index < -0.39 is 0 Å². The molecular weight excluding hydrogens is 334 g/mol. The van der Waals surface area contributed by atoms with Crippen molar-refractivity contribution in [2.45, 2.75) is 45.1 Å². The van der Waals surface area contributed by atoms with Crippen LogP contribution >= 0.6 is 0 Å². The minimum absolute atomic E-state index is 0.254. The standard InChI is InChI=1S/C23H27N3O/c1-3-19(21-7-5-4-6-8-21)15-17(2)20-11-9-18(10-12-20)16-26-14-13-22(24)25-23(26)27/h4-14,17,19H,3,15-16H2,1-2H3,(H2,24,25,27). The van der Waals surface area contributed by atoms with Crippen LogP contribution in [0, 0.1) is 0 Å². The molecule has 0 aliphatic rings. The van der Waals surface area contributed by atoms with Gasteiger partial charge in [-0.1, -0.05) is 68.4 Å². The van der Waals surface area contributed by atoms with Gasteiger partial charge in [0, 0.05) is 6.20 Å². The molecule has 0 saturated carbocycles. The van der Waals surface area contributed by atoms with E-state index >= 15 is 0 Å². The zero-order valence-corrected chi connectivity index (χ0v) is 16.0. The minimum atomic E-state index is -0.318. The molecular formula is C23H27N3O. The molecule has 1 heterocycles. The SMILES string of the molecule is CCC(CC(C)c1ccc(Cn2ccc(N)nc2=O)cc1)c1ccccc1. The van der Waals surface area contributed by atoms with Gasteiger partial charge >= 0.3 is 5.69 Å². The third-order valence-corrected chi connectivity index (χ3v) is 5.20. The molecule has 3 rings (SSSR count). The predicted molar refractivity (Wildman–Crippen MR) is 111 cm³/mol. The summed E-state index contributed by atoms with van der Waals surface area (Å²) in [5.74, 6) is 1.30. The molecule has 1 aromatic heterocycles. The van der Waals surface area contributed by atoms with Gasteiger partial charge in [0.25, 0.3) is 0 Å². The van der Waals surface area contributed by atoms with E-state index in [0.29, 0.717) is 18.4 Å². The molecule has 0 saturated heterocycles. The van der Waals surface area contributed by atoms with E-state index in [1.807, 2.05) is 0 Å². The maximum Gasteiger partial charge on any atom is 0.349 e. The summed E-state index contributed by atoms with van der Waals surface area (Å²) in [4.78, 5) is 15.7. The molecule has 2 aromatic carbocycles. The first-order valence-electron chi connectivity index (χ1n) is 9.53. The van der Waals surface area contributed by atoms with Crippen LogP contribution in [0.2, 0.25) is 0 Å². The Balaban J connectivity index is 1.68. The molecule has 0 aliphatic heterocycles. The summed E-state index contributed by atoms with van der Waals surface area (Å²) in [6.07, 6.45) is 3.95. The van der Waals surface area contributed by atoms with Gasteiger partial charge in [-0.3, -0.25) is 4.57 Å². The largest absolute Gasteiger partial charge is 0.383 e. The van der Waals surface area contributed by atoms with Crippen LogP contribution in [0.15, 0.2) is 71.7 Å². The predicted octanol–water partition coefficient (Wildman–Crippen LogP) is 4.56. The molecule has 0 spiro atoms. The molecule has 4 heteroatoms. The van der Waals surface area contributed by atoms with Gasteiger partial charge in [-0.25, -0.2) is 4.79 Å². The van der Waals surface area contributed by atoms with Gasteiger partial charge in [0.2, 0.25) is 0 Å². The lowest BCUT2D eigenvalue weighted by atomic mass is 9.84. The molecule has 2 unspecified atom stereocenters. The molecule has 2 N–H and O–H groups in total. The molecule has 3 aromatic rings. The van der Waals surface area contributed by atoms with Crippen molar-refractivity contribution in [2.24, 2.45) is 0 Å². The highest BCUT2D eigenvalue weighted by molar-refractivity contribution is 5.28. The number of rotatable bonds is 7. The maximum atomic E-state index is 11.9. The van der Waals surface area contributed by atoms with Crippen LogP contribution in [0.1, 0.15) is 55.2 Å². The average Bonchev–Trinajstić information content (AvgIpc) is 2.69. The molecule has 27 heavy (non-hydrogen) atoms. The summed E-state index contributed by atoms with van der Waals surface area (Å²) in [5, 5.41) is 0. The Morgan fingerprint density at radius 2 is 1.70 bits per heavy atom. The normalized spacial score (nSPS) is 13.3. The molecule has 0 amide bonds. The Labute approximate surface area is 160 Å². The Morgan fingerprint density at radius 1 is 1.00 bits per heavy atom. The molecule has 0 bridgehead atoms. The fourth-order valence-corrected chi connectivity index (χ4v) is 3.54. The number of hydrogen-bond donors (Lipinski definition) is 1. The highest BCUT2D eigenvalue weighted by atomic mass is 16.1. The third-order valence-electron chi connectivity index (χ3n) is 5.20. The van der Waals surface area contributed by atoms with Crippen molar-refractivity contribution in [3.8, 4) is 0 Å². The first-order chi connectivity index (χ1) is 13.1. The van der Waals surface area contributed by atoms with Crippen molar-refractivity contribution in [2.75, 3.05) is 5.73 Å². The van der Waals surface area contributed by atoms with Crippen LogP contribution in [0.3, 0.4) is 0 Å². The summed E-state index contributed by atoms with van der Waals surface area (Å²) >= 11 is 0. The quantitative estimate of drug-likeness (QED) is 0.671. The molecule has 0 fully saturated rings. The Kier molecular flexibility index (Phi) is 6.07. The van der Waals surface area contributed by atoms with E-state index in [1.165, 1.54) is 11.1 Å². The summed E-state index contributed by atoms with van der Waals surface area (Å²) in [6.45, 7) is 5.04. The zero-order valence-electron chi connectivity index (χ0n) is 16.0. The lowest BCUT2D eigenvalue weighted by Gasteiger charge is -2.21. The fraction of sp³-hybridized carbons (Fsp3) is 0.304. The van der Waals surface area contributed by atoms with Gasteiger partial charge in [-0.2, -0.15) is 4.98 Å². The van der Waals surface area contributed by atoms with Gasteiger partial charge < -0.3 is 5.73 Å². The Hall–Kier alpha value is -2.88. The van der Waals surface area contributed by atoms with Crippen LogP contribution in [-0.4, -0.2) is 9.55 Å². The highest BCUT2D eigenvalue weighted by Crippen LogP contribution is 2.31. The first kappa shape index (κ1) is 18.9. The zero-order chi connectivity index (χ0) is 19.2. The van der Waals surface area contributed by atoms with E-state index in [-0.39, 0.29) is 11.5 Å². The molecule has 140 valence electrons. The molecule has 4 nitrogen and oxygen atoms in total. The van der Waals surface area contributed by atoms with E-state index in [1.54, 1.807) is 16.8 Å². The lowest BCUT2D eigenvalue weighted by Crippen LogP contribution is -2.23. The molecule has 2 atom stereocenters. The van der Waals surface area contributed by atoms with E-state index in [4.69, 9.17) is 5.73 Å². The summed E-state index contributed by atoms with van der Waals surface area (Å²) in [6, 6.07) is 20.9. The summed E-state index contributed by atoms with van der Waals surface area (Å²) in [7, 11) is 0. The van der Waals surface area contributed by atoms with Crippen LogP contribution < -0.4 is 11.4 Å². The minimum Gasteiger partial charge on any atom is -0.383 e. The summed E-state index contributed by atoms with van der Waals surface area (Å²) < 4.78 is 1.57. The number of benzene rings is 2. The lowest BCUT2D eigenvalue weighted by molar-refractivity contribution is 0.544. The average molecular weight is 361 g/mol. The van der Waals surface area contributed by atoms with Crippen LogP contribution in [-0.2, 0) is 6.54 Å². The van der Waals surface area contributed by atoms with Crippen molar-refractivity contribution in [3.05, 3.63) is 94.0 Å². The number of aromatic nitrogens is 2. The smallest absolute Gasteiger partial charge is 0.349 e. The van der Waals surface area contributed by atoms with Crippen LogP contribution in [0.5, 0.6) is 0 Å². The van der Waals surface area contributed by atoms with Gasteiger partial charge in [-0.15, -0.1) is 0 Å². The van der Waals surface area contributed by atoms with Gasteiger partial charge in [0.05, 0.1) is 6.54 Å². The van der Waals surface area contributed by atoms with Crippen LogP contribution in [0.25, 0.3) is 0 Å². The number of anilines is 1. The van der Waals surface area contributed by atoms with E-state index in [9.17, 15) is 4.79 Å². The van der Waals surface area contributed by atoms with E-state index in [0.717, 1.165) is 18.4 Å². The number of nitrogens with two attached hydrogens (primary N) is 1. The fourth-order valence-electron chi connectivity index (χ4n) is 3.54. The molecule has 0 aliphatic carbocycles. The van der Waals surface area contributed by atoms with Gasteiger partial charge in [0.15, 0.2) is 0 Å². The second kappa shape index (κ2) is 8.67. The Bertz CT molecular complexity index is 916. The van der Waals surface area contributed by atoms with Gasteiger partial charge in [-0.05, 0) is 47.4 Å². The number of nitrogens with zero attached hydrogens (tertiary/aromatic N) is 2. The number of hydrogen-bond acceptors (Lipinski definition) is 3. The van der Waals surface area contributed by atoms with Gasteiger partial charge in [0.1, 0.15) is 5.82 Å². The third kappa shape index (κ3) is 4.85. The van der Waals surface area contributed by atoms with Crippen molar-refractivity contribution in [1.82, 2.24) is 9.55 Å². The van der Waals surface area contributed by atoms with Crippen LogP contribution in [0.4, 0.5) is 5.82 Å². The van der Waals surface area contributed by atoms with Crippen molar-refractivity contribution in [3.63, 3.8) is 0 Å². The van der Waals surface area contributed by atoms with Crippen molar-refractivity contribution >= 4 is 5.82 Å². The first-order valence-corrected chi connectivity index (χ1v) is 9.53. The maximum absolute atomic E-state index is 11.9. The van der Waals surface area contributed by atoms with Crippen molar-refractivity contribution in [1.29, 1.82) is 0 Å². The van der Waals surface area contributed by atoms with E-state index in [2.05, 4.69) is 73.4 Å². The Morgan fingerprint density at radius 3 is 2.33 bits per heavy atom. The molecule has 0 radical (unpaired) electrons. The topological polar surface area (TPSA) is 60.9 Å². The van der Waals surface area contributed by atoms with Crippen molar-refractivity contribution < 1.29 is 0 Å². The second-order valence-corrected chi connectivity index (χ2v) is 7.16. The summed E-state index contributed by atoms with van der Waals surface area (Å²) in [5.41, 5.74) is 9.05. The highest BCUT2D eigenvalue weighted by Gasteiger charge is 2.15.